The number of ether oxygens (including phenoxy) is 1. The molecule has 2 bridgehead atoms. The first-order valence-electron chi connectivity index (χ1n) is 11.4. The molecular weight excluding hydrogens is 429 g/mol. The van der Waals surface area contributed by atoms with Gasteiger partial charge in [0, 0.05) is 24.0 Å². The first kappa shape index (κ1) is 24.9. The second-order valence-electron chi connectivity index (χ2n) is 10.9. The summed E-state index contributed by atoms with van der Waals surface area (Å²) >= 11 is 0. The lowest BCUT2D eigenvalue weighted by molar-refractivity contribution is -0.139. The third-order valence-corrected chi connectivity index (χ3v) is 9.19. The SMILES string of the molecule is CC(C)(C)CC(=O)C12CCC(CS(=O)(=O)c3ccc(OC/C(=C/F)CN)cc3)(CC1)CC2. The summed E-state index contributed by atoms with van der Waals surface area (Å²) in [6.07, 6.45) is 5.79. The second-order valence-corrected chi connectivity index (χ2v) is 12.9. The van der Waals surface area contributed by atoms with Crippen molar-refractivity contribution in [3.63, 3.8) is 0 Å². The predicted octanol–water partition coefficient (Wildman–Crippen LogP) is 5.00. The van der Waals surface area contributed by atoms with Crippen LogP contribution in [0.1, 0.15) is 65.7 Å². The normalized spacial score (nSPS) is 26.2. The quantitative estimate of drug-likeness (QED) is 0.555. The maximum atomic E-state index is 13.2. The number of rotatable bonds is 9. The number of sulfone groups is 1. The zero-order valence-corrected chi connectivity index (χ0v) is 20.3. The van der Waals surface area contributed by atoms with Crippen LogP contribution >= 0.6 is 0 Å². The fraction of sp³-hybridized carbons (Fsp3) is 0.640. The number of carbonyl (C=O) groups is 1. The van der Waals surface area contributed by atoms with Gasteiger partial charge in [0.2, 0.25) is 0 Å². The van der Waals surface area contributed by atoms with E-state index in [4.69, 9.17) is 10.5 Å². The molecule has 0 spiro atoms. The maximum absolute atomic E-state index is 13.2. The number of fused-ring (bicyclic) bond motifs is 3. The number of Topliss-reactive ketones (excluding diaryl/α,β-unsaturated/α-hetero) is 1. The Morgan fingerprint density at radius 2 is 1.66 bits per heavy atom. The van der Waals surface area contributed by atoms with Gasteiger partial charge in [0.05, 0.1) is 17.0 Å². The van der Waals surface area contributed by atoms with Gasteiger partial charge in [-0.25, -0.2) is 12.8 Å². The average molecular weight is 466 g/mol. The number of halogens is 1. The molecule has 0 aromatic heterocycles. The highest BCUT2D eigenvalue weighted by molar-refractivity contribution is 7.91. The fourth-order valence-electron chi connectivity index (χ4n) is 5.11. The monoisotopic (exact) mass is 465 g/mol. The molecule has 1 aromatic rings. The van der Waals surface area contributed by atoms with Gasteiger partial charge in [0.1, 0.15) is 18.1 Å². The zero-order valence-electron chi connectivity index (χ0n) is 19.5. The van der Waals surface area contributed by atoms with Gasteiger partial charge in [-0.15, -0.1) is 0 Å². The second kappa shape index (κ2) is 9.26. The first-order chi connectivity index (χ1) is 14.9. The lowest BCUT2D eigenvalue weighted by Gasteiger charge is -2.53. The van der Waals surface area contributed by atoms with E-state index in [2.05, 4.69) is 20.8 Å². The van der Waals surface area contributed by atoms with E-state index in [1.807, 2.05) is 0 Å². The Kier molecular flexibility index (Phi) is 7.20. The Labute approximate surface area is 191 Å². The van der Waals surface area contributed by atoms with Gasteiger partial charge in [-0.05, 0) is 73.6 Å². The molecule has 0 atom stereocenters. The summed E-state index contributed by atoms with van der Waals surface area (Å²) in [7, 11) is -3.46. The summed E-state index contributed by atoms with van der Waals surface area (Å²) < 4.78 is 44.4. The van der Waals surface area contributed by atoms with E-state index in [-0.39, 0.29) is 40.0 Å². The van der Waals surface area contributed by atoms with Crippen molar-refractivity contribution >= 4 is 15.6 Å². The van der Waals surface area contributed by atoms with E-state index in [0.717, 1.165) is 38.5 Å². The molecule has 1 aromatic carbocycles. The van der Waals surface area contributed by atoms with Crippen molar-refractivity contribution in [2.45, 2.75) is 70.6 Å². The van der Waals surface area contributed by atoms with Gasteiger partial charge in [-0.1, -0.05) is 20.8 Å². The Morgan fingerprint density at radius 3 is 2.12 bits per heavy atom. The van der Waals surface area contributed by atoms with E-state index in [9.17, 15) is 17.6 Å². The molecule has 3 fully saturated rings. The van der Waals surface area contributed by atoms with Gasteiger partial charge >= 0.3 is 0 Å². The van der Waals surface area contributed by atoms with E-state index < -0.39 is 9.84 Å². The lowest BCUT2D eigenvalue weighted by atomic mass is 9.52. The minimum atomic E-state index is -3.46. The molecule has 3 saturated carbocycles. The lowest BCUT2D eigenvalue weighted by Crippen LogP contribution is -2.49. The summed E-state index contributed by atoms with van der Waals surface area (Å²) in [4.78, 5) is 13.3. The third kappa shape index (κ3) is 5.60. The van der Waals surface area contributed by atoms with Gasteiger partial charge in [-0.3, -0.25) is 4.79 Å². The van der Waals surface area contributed by atoms with Crippen molar-refractivity contribution in [2.75, 3.05) is 18.9 Å². The van der Waals surface area contributed by atoms with Crippen molar-refractivity contribution in [1.29, 1.82) is 0 Å². The molecule has 0 unspecified atom stereocenters. The molecule has 178 valence electrons. The van der Waals surface area contributed by atoms with Crippen LogP contribution in [-0.2, 0) is 14.6 Å². The Hall–Kier alpha value is -1.73. The molecule has 2 N–H and O–H groups in total. The summed E-state index contributed by atoms with van der Waals surface area (Å²) in [5, 5.41) is 0. The van der Waals surface area contributed by atoms with Crippen LogP contribution in [0.5, 0.6) is 5.75 Å². The zero-order chi connectivity index (χ0) is 23.6. The molecule has 0 aliphatic heterocycles. The first-order valence-corrected chi connectivity index (χ1v) is 13.1. The standard InChI is InChI=1S/C25H36FNO4S/c1-23(2,3)14-22(28)25-11-8-24(9-12-25,10-13-25)18-32(29,30)21-6-4-20(5-7-21)31-17-19(15-26)16-27/h4-7,15H,8-14,16-18,27H2,1-3H3/b19-15+. The fourth-order valence-corrected chi connectivity index (χ4v) is 7.06. The van der Waals surface area contributed by atoms with Crippen LogP contribution in [-0.4, -0.2) is 33.1 Å². The minimum absolute atomic E-state index is 0.0227. The summed E-state index contributed by atoms with van der Waals surface area (Å²) in [5.74, 6) is 0.940. The van der Waals surface area contributed by atoms with E-state index in [1.165, 1.54) is 0 Å². The number of ketones is 1. The highest BCUT2D eigenvalue weighted by Gasteiger charge is 2.53. The molecule has 3 aliphatic carbocycles. The van der Waals surface area contributed by atoms with Crippen LogP contribution in [0.25, 0.3) is 0 Å². The van der Waals surface area contributed by atoms with E-state index in [0.29, 0.717) is 29.9 Å². The van der Waals surface area contributed by atoms with Crippen LogP contribution in [0, 0.1) is 16.2 Å². The number of hydrogen-bond acceptors (Lipinski definition) is 5. The van der Waals surface area contributed by atoms with Crippen molar-refractivity contribution < 1.29 is 22.3 Å². The molecule has 32 heavy (non-hydrogen) atoms. The van der Waals surface area contributed by atoms with Crippen LogP contribution in [0.15, 0.2) is 41.1 Å². The largest absolute Gasteiger partial charge is 0.489 e. The molecule has 0 amide bonds. The number of benzene rings is 1. The van der Waals surface area contributed by atoms with Gasteiger partial charge in [0.15, 0.2) is 9.84 Å². The summed E-state index contributed by atoms with van der Waals surface area (Å²) in [6, 6.07) is 6.28. The van der Waals surface area contributed by atoms with Crippen molar-refractivity contribution in [1.82, 2.24) is 0 Å². The van der Waals surface area contributed by atoms with Gasteiger partial charge in [-0.2, -0.15) is 0 Å². The highest BCUT2D eigenvalue weighted by atomic mass is 32.2. The van der Waals surface area contributed by atoms with Crippen molar-refractivity contribution in [3.05, 3.63) is 36.2 Å². The van der Waals surface area contributed by atoms with Crippen molar-refractivity contribution in [3.8, 4) is 5.75 Å². The predicted molar refractivity (Wildman–Crippen MR) is 124 cm³/mol. The highest BCUT2D eigenvalue weighted by Crippen LogP contribution is 2.58. The smallest absolute Gasteiger partial charge is 0.178 e. The Bertz CT molecular complexity index is 936. The van der Waals surface area contributed by atoms with Gasteiger partial charge in [0.25, 0.3) is 0 Å². The third-order valence-electron chi connectivity index (χ3n) is 7.20. The maximum Gasteiger partial charge on any atom is 0.178 e. The topological polar surface area (TPSA) is 86.5 Å². The molecular formula is C25H36FNO4S. The molecule has 5 nitrogen and oxygen atoms in total. The summed E-state index contributed by atoms with van der Waals surface area (Å²) in [5.41, 5.74) is 5.24. The van der Waals surface area contributed by atoms with Crippen LogP contribution < -0.4 is 10.5 Å². The minimum Gasteiger partial charge on any atom is -0.489 e. The number of carbonyl (C=O) groups excluding carboxylic acids is 1. The van der Waals surface area contributed by atoms with Crippen LogP contribution in [0.2, 0.25) is 0 Å². The summed E-state index contributed by atoms with van der Waals surface area (Å²) in [6.45, 7) is 6.37. The molecule has 4 rings (SSSR count). The number of nitrogens with two attached hydrogens (primary N) is 1. The van der Waals surface area contributed by atoms with Crippen molar-refractivity contribution in [2.24, 2.45) is 22.0 Å². The molecule has 7 heteroatoms. The van der Waals surface area contributed by atoms with E-state index in [1.54, 1.807) is 24.3 Å². The Morgan fingerprint density at radius 1 is 1.09 bits per heavy atom. The van der Waals surface area contributed by atoms with E-state index >= 15 is 0 Å². The van der Waals surface area contributed by atoms with Crippen LogP contribution in [0.4, 0.5) is 4.39 Å². The molecule has 0 saturated heterocycles. The molecule has 3 aliphatic rings. The average Bonchev–Trinajstić information content (AvgIpc) is 2.74. The number of hydrogen-bond donors (Lipinski definition) is 1. The molecule has 0 heterocycles. The van der Waals surface area contributed by atoms with Crippen LogP contribution in [0.3, 0.4) is 0 Å². The molecule has 0 radical (unpaired) electrons. The Balaban J connectivity index is 1.64. The van der Waals surface area contributed by atoms with Gasteiger partial charge < -0.3 is 10.5 Å².